The van der Waals surface area contributed by atoms with Crippen molar-refractivity contribution in [1.29, 1.82) is 0 Å². The molecule has 0 amide bonds. The SMILES string of the molecule is CCNC(=NCc1ccc(OC)cc1)NCc1coc(-c2cccs2)n1.I. The van der Waals surface area contributed by atoms with Gasteiger partial charge in [-0.15, -0.1) is 35.3 Å². The molecule has 0 aliphatic rings. The van der Waals surface area contributed by atoms with E-state index in [-0.39, 0.29) is 24.0 Å². The van der Waals surface area contributed by atoms with Gasteiger partial charge in [0.05, 0.1) is 30.8 Å². The van der Waals surface area contributed by atoms with Crippen molar-refractivity contribution in [3.63, 3.8) is 0 Å². The summed E-state index contributed by atoms with van der Waals surface area (Å²) in [6.07, 6.45) is 1.68. The zero-order chi connectivity index (χ0) is 18.2. The van der Waals surface area contributed by atoms with E-state index in [0.717, 1.165) is 34.4 Å². The number of rotatable bonds is 7. The maximum Gasteiger partial charge on any atom is 0.236 e. The predicted octanol–water partition coefficient (Wildman–Crippen LogP) is 4.29. The highest BCUT2D eigenvalue weighted by atomic mass is 127. The summed E-state index contributed by atoms with van der Waals surface area (Å²) in [5.74, 6) is 2.23. The Morgan fingerprint density at radius 1 is 1.22 bits per heavy atom. The van der Waals surface area contributed by atoms with Gasteiger partial charge in [0.15, 0.2) is 5.96 Å². The molecule has 8 heteroatoms. The summed E-state index contributed by atoms with van der Waals surface area (Å²) in [5, 5.41) is 8.53. The third kappa shape index (κ3) is 6.24. The first-order valence-electron chi connectivity index (χ1n) is 8.42. The van der Waals surface area contributed by atoms with Gasteiger partial charge in [-0.05, 0) is 36.1 Å². The topological polar surface area (TPSA) is 71.7 Å². The Balaban J connectivity index is 0.00000261. The first-order chi connectivity index (χ1) is 12.8. The van der Waals surface area contributed by atoms with Crippen LogP contribution >= 0.6 is 35.3 Å². The largest absolute Gasteiger partial charge is 0.497 e. The van der Waals surface area contributed by atoms with E-state index >= 15 is 0 Å². The van der Waals surface area contributed by atoms with Gasteiger partial charge in [-0.25, -0.2) is 9.98 Å². The lowest BCUT2D eigenvalue weighted by Gasteiger charge is -2.10. The van der Waals surface area contributed by atoms with Crippen LogP contribution in [0.4, 0.5) is 0 Å². The average molecular weight is 498 g/mol. The van der Waals surface area contributed by atoms with Crippen LogP contribution in [0.1, 0.15) is 18.2 Å². The van der Waals surface area contributed by atoms with Crippen LogP contribution in [0.2, 0.25) is 0 Å². The first kappa shape index (κ1) is 21.2. The zero-order valence-corrected chi connectivity index (χ0v) is 18.4. The van der Waals surface area contributed by atoms with Crippen molar-refractivity contribution in [1.82, 2.24) is 15.6 Å². The van der Waals surface area contributed by atoms with Crippen molar-refractivity contribution >= 4 is 41.3 Å². The van der Waals surface area contributed by atoms with Crippen molar-refractivity contribution in [3.05, 3.63) is 59.3 Å². The summed E-state index contributed by atoms with van der Waals surface area (Å²) < 4.78 is 10.7. The maximum atomic E-state index is 5.54. The number of thiophene rings is 1. The monoisotopic (exact) mass is 498 g/mol. The molecule has 0 spiro atoms. The molecule has 0 unspecified atom stereocenters. The molecule has 2 heterocycles. The maximum absolute atomic E-state index is 5.54. The summed E-state index contributed by atoms with van der Waals surface area (Å²) in [6.45, 7) is 3.95. The predicted molar refractivity (Wildman–Crippen MR) is 120 cm³/mol. The van der Waals surface area contributed by atoms with Gasteiger partial charge in [0.1, 0.15) is 12.0 Å². The highest BCUT2D eigenvalue weighted by Crippen LogP contribution is 2.23. The molecule has 27 heavy (non-hydrogen) atoms. The van der Waals surface area contributed by atoms with Crippen LogP contribution in [-0.4, -0.2) is 24.6 Å². The Hall–Kier alpha value is -2.07. The summed E-state index contributed by atoms with van der Waals surface area (Å²) in [6, 6.07) is 11.9. The van der Waals surface area contributed by atoms with Gasteiger partial charge in [-0.1, -0.05) is 18.2 Å². The fourth-order valence-corrected chi connectivity index (χ4v) is 2.97. The lowest BCUT2D eigenvalue weighted by molar-refractivity contribution is 0.414. The minimum Gasteiger partial charge on any atom is -0.497 e. The smallest absolute Gasteiger partial charge is 0.236 e. The van der Waals surface area contributed by atoms with E-state index < -0.39 is 0 Å². The number of nitrogens with zero attached hydrogens (tertiary/aromatic N) is 2. The van der Waals surface area contributed by atoms with Crippen LogP contribution in [0, 0.1) is 0 Å². The summed E-state index contributed by atoms with van der Waals surface area (Å²) in [7, 11) is 1.66. The van der Waals surface area contributed by atoms with Gasteiger partial charge in [-0.3, -0.25) is 0 Å². The summed E-state index contributed by atoms with van der Waals surface area (Å²) in [4.78, 5) is 10.1. The van der Waals surface area contributed by atoms with Gasteiger partial charge in [0.2, 0.25) is 5.89 Å². The molecule has 3 aromatic rings. The molecule has 0 aliphatic carbocycles. The van der Waals surface area contributed by atoms with E-state index in [1.54, 1.807) is 24.7 Å². The van der Waals surface area contributed by atoms with Crippen molar-refractivity contribution in [3.8, 4) is 16.5 Å². The van der Waals surface area contributed by atoms with Crippen LogP contribution in [0.25, 0.3) is 10.8 Å². The standard InChI is InChI=1S/C19H22N4O2S.HI/c1-3-20-19(21-11-14-6-8-16(24-2)9-7-14)22-12-15-13-25-18(23-15)17-5-4-10-26-17;/h4-10,13H,3,11-12H2,1-2H3,(H2,20,21,22);1H. The van der Waals surface area contributed by atoms with Gasteiger partial charge in [-0.2, -0.15) is 0 Å². The third-order valence-electron chi connectivity index (χ3n) is 3.64. The second-order valence-electron chi connectivity index (χ2n) is 5.52. The third-order valence-corrected chi connectivity index (χ3v) is 4.50. The van der Waals surface area contributed by atoms with Crippen molar-refractivity contribution in [2.45, 2.75) is 20.0 Å². The van der Waals surface area contributed by atoms with Crippen LogP contribution in [0.5, 0.6) is 5.75 Å². The molecule has 1 aromatic carbocycles. The lowest BCUT2D eigenvalue weighted by atomic mass is 10.2. The van der Waals surface area contributed by atoms with E-state index in [1.165, 1.54) is 0 Å². The van der Waals surface area contributed by atoms with Gasteiger partial charge in [0, 0.05) is 6.54 Å². The number of ether oxygens (including phenoxy) is 1. The molecule has 2 N–H and O–H groups in total. The minimum atomic E-state index is 0. The number of methoxy groups -OCH3 is 1. The Morgan fingerprint density at radius 2 is 2.04 bits per heavy atom. The van der Waals surface area contributed by atoms with Crippen molar-refractivity contribution in [2.75, 3.05) is 13.7 Å². The van der Waals surface area contributed by atoms with Crippen LogP contribution in [0.3, 0.4) is 0 Å². The zero-order valence-electron chi connectivity index (χ0n) is 15.3. The number of hydrogen-bond donors (Lipinski definition) is 2. The molecule has 0 fully saturated rings. The summed E-state index contributed by atoms with van der Waals surface area (Å²) >= 11 is 1.61. The van der Waals surface area contributed by atoms with Crippen molar-refractivity contribution < 1.29 is 9.15 Å². The molecule has 2 aromatic heterocycles. The second kappa shape index (κ2) is 10.9. The molecule has 0 atom stereocenters. The normalized spacial score (nSPS) is 11.0. The molecule has 0 saturated carbocycles. The number of oxazole rings is 1. The first-order valence-corrected chi connectivity index (χ1v) is 9.30. The van der Waals surface area contributed by atoms with Crippen LogP contribution < -0.4 is 15.4 Å². The Bertz CT molecular complexity index is 832. The number of aliphatic imine (C=N–C) groups is 1. The number of aromatic nitrogens is 1. The Kier molecular flexibility index (Phi) is 8.59. The number of halogens is 1. The minimum absolute atomic E-state index is 0. The fraction of sp³-hybridized carbons (Fsp3) is 0.263. The fourth-order valence-electron chi connectivity index (χ4n) is 2.32. The number of benzene rings is 1. The second-order valence-corrected chi connectivity index (χ2v) is 6.47. The molecular formula is C19H23IN4O2S. The molecular weight excluding hydrogens is 475 g/mol. The van der Waals surface area contributed by atoms with E-state index in [1.807, 2.05) is 48.7 Å². The van der Waals surface area contributed by atoms with Crippen LogP contribution in [0.15, 0.2) is 57.5 Å². The molecule has 3 rings (SSSR count). The molecule has 144 valence electrons. The van der Waals surface area contributed by atoms with Crippen molar-refractivity contribution in [2.24, 2.45) is 4.99 Å². The van der Waals surface area contributed by atoms with E-state index in [9.17, 15) is 0 Å². The van der Waals surface area contributed by atoms with Gasteiger partial charge < -0.3 is 19.8 Å². The van der Waals surface area contributed by atoms with E-state index in [0.29, 0.717) is 19.0 Å². The molecule has 0 radical (unpaired) electrons. The highest BCUT2D eigenvalue weighted by molar-refractivity contribution is 14.0. The number of nitrogens with one attached hydrogen (secondary N) is 2. The number of guanidine groups is 1. The highest BCUT2D eigenvalue weighted by Gasteiger charge is 2.08. The Labute approximate surface area is 180 Å². The molecule has 0 bridgehead atoms. The molecule has 0 aliphatic heterocycles. The Morgan fingerprint density at radius 3 is 2.70 bits per heavy atom. The van der Waals surface area contributed by atoms with Gasteiger partial charge in [0.25, 0.3) is 0 Å². The molecule has 0 saturated heterocycles. The van der Waals surface area contributed by atoms with Gasteiger partial charge >= 0.3 is 0 Å². The van der Waals surface area contributed by atoms with E-state index in [4.69, 9.17) is 9.15 Å². The number of hydrogen-bond acceptors (Lipinski definition) is 5. The lowest BCUT2D eigenvalue weighted by Crippen LogP contribution is -2.36. The quantitative estimate of drug-likeness (QED) is 0.289. The van der Waals surface area contributed by atoms with E-state index in [2.05, 4.69) is 20.6 Å². The summed E-state index contributed by atoms with van der Waals surface area (Å²) in [5.41, 5.74) is 1.95. The average Bonchev–Trinajstić information content (AvgIpc) is 3.36. The van der Waals surface area contributed by atoms with Crippen LogP contribution in [-0.2, 0) is 13.1 Å². The molecule has 6 nitrogen and oxygen atoms in total.